The van der Waals surface area contributed by atoms with Gasteiger partial charge < -0.3 is 14.4 Å². The van der Waals surface area contributed by atoms with E-state index in [1.807, 2.05) is 0 Å². The minimum atomic E-state index is -3.56. The minimum absolute atomic E-state index is 0.104. The summed E-state index contributed by atoms with van der Waals surface area (Å²) in [6.07, 6.45) is 4.82. The van der Waals surface area contributed by atoms with Gasteiger partial charge in [-0.2, -0.15) is 0 Å². The van der Waals surface area contributed by atoms with Crippen LogP contribution < -0.4 is 14.4 Å². The Labute approximate surface area is 159 Å². The van der Waals surface area contributed by atoms with Crippen molar-refractivity contribution in [3.05, 3.63) is 42.7 Å². The van der Waals surface area contributed by atoms with Gasteiger partial charge in [-0.3, -0.25) is 0 Å². The largest absolute Gasteiger partial charge is 0.491 e. The third kappa shape index (κ3) is 5.38. The average molecular weight is 392 g/mol. The number of anilines is 1. The maximum Gasteiger partial charge on any atom is 0.240 e. The van der Waals surface area contributed by atoms with Crippen LogP contribution in [0.15, 0.2) is 47.6 Å². The topological polar surface area (TPSA) is 93.6 Å². The van der Waals surface area contributed by atoms with Crippen LogP contribution in [0.3, 0.4) is 0 Å². The molecule has 1 N–H and O–H groups in total. The zero-order chi connectivity index (χ0) is 19.1. The lowest BCUT2D eigenvalue weighted by atomic mass is 10.1. The summed E-state index contributed by atoms with van der Waals surface area (Å²) < 4.78 is 38.4. The normalized spacial score (nSPS) is 15.7. The van der Waals surface area contributed by atoms with Gasteiger partial charge in [-0.1, -0.05) is 0 Å². The fraction of sp³-hybridized carbons (Fsp3) is 0.444. The molecule has 0 saturated carbocycles. The lowest BCUT2D eigenvalue weighted by molar-refractivity contribution is 0.146. The quantitative estimate of drug-likeness (QED) is 0.680. The monoisotopic (exact) mass is 392 g/mol. The third-order valence-electron chi connectivity index (χ3n) is 4.34. The molecule has 1 saturated heterocycles. The van der Waals surface area contributed by atoms with Gasteiger partial charge >= 0.3 is 0 Å². The number of nitrogens with zero attached hydrogens (tertiary/aromatic N) is 3. The van der Waals surface area contributed by atoms with Crippen LogP contribution >= 0.6 is 0 Å². The maximum atomic E-state index is 12.6. The van der Waals surface area contributed by atoms with Crippen molar-refractivity contribution in [1.82, 2.24) is 14.7 Å². The van der Waals surface area contributed by atoms with Crippen molar-refractivity contribution < 1.29 is 17.9 Å². The summed E-state index contributed by atoms with van der Waals surface area (Å²) in [6, 6.07) is 8.08. The van der Waals surface area contributed by atoms with Crippen LogP contribution in [-0.4, -0.2) is 57.8 Å². The Hall–Kier alpha value is -2.23. The van der Waals surface area contributed by atoms with Gasteiger partial charge in [0, 0.05) is 38.6 Å². The number of benzene rings is 1. The Morgan fingerprint density at radius 3 is 2.41 bits per heavy atom. The molecule has 0 radical (unpaired) electrons. The molecule has 0 bridgehead atoms. The van der Waals surface area contributed by atoms with Crippen molar-refractivity contribution in [2.45, 2.75) is 23.8 Å². The molecule has 0 amide bonds. The first-order valence-corrected chi connectivity index (χ1v) is 10.3. The van der Waals surface area contributed by atoms with Gasteiger partial charge in [0.25, 0.3) is 0 Å². The smallest absolute Gasteiger partial charge is 0.240 e. The molecule has 9 heteroatoms. The van der Waals surface area contributed by atoms with Crippen molar-refractivity contribution in [2.75, 3.05) is 38.3 Å². The fourth-order valence-electron chi connectivity index (χ4n) is 2.90. The zero-order valence-corrected chi connectivity index (χ0v) is 16.1. The van der Waals surface area contributed by atoms with E-state index in [1.165, 1.54) is 0 Å². The number of hydrogen-bond acceptors (Lipinski definition) is 7. The number of hydrogen-bond donors (Lipinski definition) is 1. The number of ether oxygens (including phenoxy) is 2. The van der Waals surface area contributed by atoms with Gasteiger partial charge in [0.15, 0.2) is 0 Å². The summed E-state index contributed by atoms with van der Waals surface area (Å²) in [5.41, 5.74) is 0. The number of aromatic nitrogens is 2. The van der Waals surface area contributed by atoms with Gasteiger partial charge in [-0.15, -0.1) is 0 Å². The Bertz CT molecular complexity index is 807. The first-order valence-electron chi connectivity index (χ1n) is 8.84. The van der Waals surface area contributed by atoms with Crippen molar-refractivity contribution in [1.29, 1.82) is 0 Å². The first kappa shape index (κ1) is 19.5. The number of piperidine rings is 1. The third-order valence-corrected chi connectivity index (χ3v) is 5.88. The van der Waals surface area contributed by atoms with Crippen LogP contribution in [0.4, 0.5) is 5.95 Å². The summed E-state index contributed by atoms with van der Waals surface area (Å²) in [6.45, 7) is 2.33. The molecule has 2 heterocycles. The molecule has 1 aromatic heterocycles. The Morgan fingerprint density at radius 2 is 1.78 bits per heavy atom. The second-order valence-electron chi connectivity index (χ2n) is 6.24. The van der Waals surface area contributed by atoms with E-state index in [-0.39, 0.29) is 10.9 Å². The highest BCUT2D eigenvalue weighted by atomic mass is 32.2. The van der Waals surface area contributed by atoms with Crippen LogP contribution in [0.2, 0.25) is 0 Å². The van der Waals surface area contributed by atoms with Gasteiger partial charge in [-0.25, -0.2) is 23.1 Å². The van der Waals surface area contributed by atoms with E-state index >= 15 is 0 Å². The van der Waals surface area contributed by atoms with E-state index in [2.05, 4.69) is 19.6 Å². The number of methoxy groups -OCH3 is 1. The molecule has 146 valence electrons. The van der Waals surface area contributed by atoms with Gasteiger partial charge in [-0.05, 0) is 43.2 Å². The van der Waals surface area contributed by atoms with Crippen molar-refractivity contribution in [3.63, 3.8) is 0 Å². The van der Waals surface area contributed by atoms with E-state index in [9.17, 15) is 8.42 Å². The van der Waals surface area contributed by atoms with Crippen molar-refractivity contribution in [3.8, 4) is 5.75 Å². The number of rotatable bonds is 8. The van der Waals surface area contributed by atoms with Crippen LogP contribution in [0, 0.1) is 0 Å². The zero-order valence-electron chi connectivity index (χ0n) is 15.2. The molecule has 0 unspecified atom stereocenters. The molecule has 3 rings (SSSR count). The van der Waals surface area contributed by atoms with Crippen LogP contribution in [0.1, 0.15) is 12.8 Å². The number of sulfonamides is 1. The molecular weight excluding hydrogens is 368 g/mol. The maximum absolute atomic E-state index is 12.6. The molecule has 0 aliphatic carbocycles. The van der Waals surface area contributed by atoms with E-state index < -0.39 is 10.0 Å². The first-order chi connectivity index (χ1) is 13.1. The lowest BCUT2D eigenvalue weighted by Gasteiger charge is -2.32. The summed E-state index contributed by atoms with van der Waals surface area (Å²) in [5, 5.41) is 0. The molecule has 8 nitrogen and oxygen atoms in total. The van der Waals surface area contributed by atoms with E-state index in [0.717, 1.165) is 0 Å². The Balaban J connectivity index is 1.54. The van der Waals surface area contributed by atoms with Crippen molar-refractivity contribution in [2.24, 2.45) is 0 Å². The van der Waals surface area contributed by atoms with Gasteiger partial charge in [0.1, 0.15) is 12.4 Å². The summed E-state index contributed by atoms with van der Waals surface area (Å²) in [4.78, 5) is 10.8. The molecule has 0 spiro atoms. The lowest BCUT2D eigenvalue weighted by Crippen LogP contribution is -2.45. The predicted octanol–water partition coefficient (Wildman–Crippen LogP) is 1.45. The SMILES string of the molecule is COCCOc1ccc(S(=O)(=O)NC2CCN(c3ncccn3)CC2)cc1. The van der Waals surface area contributed by atoms with Crippen molar-refractivity contribution >= 4 is 16.0 Å². The van der Waals surface area contributed by atoms with E-state index in [0.29, 0.717) is 50.8 Å². The second kappa shape index (κ2) is 9.12. The molecule has 1 aliphatic heterocycles. The summed E-state index contributed by atoms with van der Waals surface area (Å²) in [7, 11) is -1.96. The van der Waals surface area contributed by atoms with Crippen LogP contribution in [-0.2, 0) is 14.8 Å². The Morgan fingerprint density at radius 1 is 1.11 bits per heavy atom. The minimum Gasteiger partial charge on any atom is -0.491 e. The van der Waals surface area contributed by atoms with Crippen LogP contribution in [0.25, 0.3) is 0 Å². The highest BCUT2D eigenvalue weighted by Gasteiger charge is 2.25. The highest BCUT2D eigenvalue weighted by Crippen LogP contribution is 2.19. The van der Waals surface area contributed by atoms with E-state index in [1.54, 1.807) is 49.8 Å². The fourth-order valence-corrected chi connectivity index (χ4v) is 4.20. The van der Waals surface area contributed by atoms with E-state index in [4.69, 9.17) is 9.47 Å². The Kier molecular flexibility index (Phi) is 6.59. The summed E-state index contributed by atoms with van der Waals surface area (Å²) >= 11 is 0. The molecule has 0 atom stereocenters. The summed E-state index contributed by atoms with van der Waals surface area (Å²) in [5.74, 6) is 1.30. The predicted molar refractivity (Wildman–Crippen MR) is 101 cm³/mol. The molecule has 1 fully saturated rings. The van der Waals surface area contributed by atoms with Gasteiger partial charge in [0.2, 0.25) is 16.0 Å². The highest BCUT2D eigenvalue weighted by molar-refractivity contribution is 7.89. The molecule has 27 heavy (non-hydrogen) atoms. The van der Waals surface area contributed by atoms with Crippen LogP contribution in [0.5, 0.6) is 5.75 Å². The molecular formula is C18H24N4O4S. The number of nitrogens with one attached hydrogen (secondary N) is 1. The molecule has 1 aliphatic rings. The average Bonchev–Trinajstić information content (AvgIpc) is 2.70. The standard InChI is InChI=1S/C18H24N4O4S/c1-25-13-14-26-16-3-5-17(6-4-16)27(23,24)21-15-7-11-22(12-8-15)18-19-9-2-10-20-18/h2-6,9-10,15,21H,7-8,11-14H2,1H3. The molecule has 2 aromatic rings. The molecule has 1 aromatic carbocycles. The second-order valence-corrected chi connectivity index (χ2v) is 7.96. The van der Waals surface area contributed by atoms with Gasteiger partial charge in [0.05, 0.1) is 11.5 Å².